The number of amides is 1. The highest BCUT2D eigenvalue weighted by Gasteiger charge is 2.43. The fourth-order valence-corrected chi connectivity index (χ4v) is 3.88. The number of hydrogen-bond donors (Lipinski definition) is 1. The molecule has 0 spiro atoms. The summed E-state index contributed by atoms with van der Waals surface area (Å²) in [5.41, 5.74) is 0.561. The molecule has 2 aliphatic rings. The van der Waals surface area contributed by atoms with Crippen LogP contribution in [0, 0.1) is 18.8 Å². The summed E-state index contributed by atoms with van der Waals surface area (Å²) in [6.07, 6.45) is 1.88. The summed E-state index contributed by atoms with van der Waals surface area (Å²) in [6.45, 7) is 9.24. The van der Waals surface area contributed by atoms with Crippen LogP contribution in [0.4, 0.5) is 10.6 Å². The number of halogens is 1. The molecule has 132 valence electrons. The number of rotatable bonds is 2. The van der Waals surface area contributed by atoms with E-state index >= 15 is 0 Å². The van der Waals surface area contributed by atoms with E-state index in [9.17, 15) is 4.79 Å². The van der Waals surface area contributed by atoms with Gasteiger partial charge in [-0.2, -0.15) is 0 Å². The SMILES string of the molecule is Cc1cc(Cl)nnc1NC1C[C@@H]2CN(C(=O)OC(C)(C)C)C[C@@H]2C1. The standard InChI is InChI=1S/C17H25ClN4O2/c1-10-5-14(18)20-21-15(10)19-13-6-11-8-22(9-12(11)7-13)16(23)24-17(2,3)4/h5,11-13H,6-9H2,1-4H3,(H,19,21)/t11-,12+,13?. The minimum absolute atomic E-state index is 0.194. The van der Waals surface area contributed by atoms with Crippen LogP contribution in [0.5, 0.6) is 0 Å². The molecule has 3 atom stereocenters. The van der Waals surface area contributed by atoms with Crippen molar-refractivity contribution in [2.24, 2.45) is 11.8 Å². The van der Waals surface area contributed by atoms with Crippen LogP contribution in [0.1, 0.15) is 39.2 Å². The van der Waals surface area contributed by atoms with Gasteiger partial charge in [0.05, 0.1) is 0 Å². The van der Waals surface area contributed by atoms with Crippen molar-refractivity contribution in [3.8, 4) is 0 Å². The molecule has 3 rings (SSSR count). The smallest absolute Gasteiger partial charge is 0.410 e. The van der Waals surface area contributed by atoms with Gasteiger partial charge in [-0.1, -0.05) is 11.6 Å². The second kappa shape index (κ2) is 6.39. The second-order valence-electron chi connectivity index (χ2n) is 7.92. The minimum Gasteiger partial charge on any atom is -0.444 e. The van der Waals surface area contributed by atoms with Crippen molar-refractivity contribution >= 4 is 23.5 Å². The van der Waals surface area contributed by atoms with Gasteiger partial charge in [-0.05, 0) is 64.0 Å². The number of nitrogens with one attached hydrogen (secondary N) is 1. The van der Waals surface area contributed by atoms with Crippen LogP contribution < -0.4 is 5.32 Å². The van der Waals surface area contributed by atoms with Crippen molar-refractivity contribution in [1.82, 2.24) is 15.1 Å². The highest BCUT2D eigenvalue weighted by molar-refractivity contribution is 6.29. The van der Waals surface area contributed by atoms with Gasteiger partial charge in [0.25, 0.3) is 0 Å². The number of aryl methyl sites for hydroxylation is 1. The third kappa shape index (κ3) is 3.91. The van der Waals surface area contributed by atoms with E-state index in [-0.39, 0.29) is 6.09 Å². The molecule has 0 radical (unpaired) electrons. The van der Waals surface area contributed by atoms with Crippen LogP contribution in [0.3, 0.4) is 0 Å². The maximum absolute atomic E-state index is 12.2. The molecule has 24 heavy (non-hydrogen) atoms. The maximum Gasteiger partial charge on any atom is 0.410 e. The van der Waals surface area contributed by atoms with E-state index in [2.05, 4.69) is 15.5 Å². The van der Waals surface area contributed by atoms with Crippen LogP contribution in [0.2, 0.25) is 5.15 Å². The average molecular weight is 353 g/mol. The van der Waals surface area contributed by atoms with Crippen molar-refractivity contribution in [2.45, 2.75) is 52.2 Å². The largest absolute Gasteiger partial charge is 0.444 e. The van der Waals surface area contributed by atoms with Gasteiger partial charge < -0.3 is 15.0 Å². The number of ether oxygens (including phenoxy) is 1. The van der Waals surface area contributed by atoms with E-state index in [1.54, 1.807) is 0 Å². The van der Waals surface area contributed by atoms with E-state index in [1.807, 2.05) is 38.7 Å². The van der Waals surface area contributed by atoms with Gasteiger partial charge in [0.2, 0.25) is 0 Å². The van der Waals surface area contributed by atoms with E-state index in [0.717, 1.165) is 37.3 Å². The quantitative estimate of drug-likeness (QED) is 0.882. The van der Waals surface area contributed by atoms with Gasteiger partial charge in [-0.15, -0.1) is 10.2 Å². The van der Waals surface area contributed by atoms with Crippen molar-refractivity contribution in [2.75, 3.05) is 18.4 Å². The lowest BCUT2D eigenvalue weighted by Gasteiger charge is -2.25. The molecule has 1 saturated heterocycles. The van der Waals surface area contributed by atoms with E-state index < -0.39 is 5.60 Å². The number of carbonyl (C=O) groups excluding carboxylic acids is 1. The molecular weight excluding hydrogens is 328 g/mol. The molecular formula is C17H25ClN4O2. The first-order valence-electron chi connectivity index (χ1n) is 8.45. The fraction of sp³-hybridized carbons (Fsp3) is 0.706. The molecule has 7 heteroatoms. The highest BCUT2D eigenvalue weighted by atomic mass is 35.5. The van der Waals surface area contributed by atoms with Crippen molar-refractivity contribution in [3.05, 3.63) is 16.8 Å². The van der Waals surface area contributed by atoms with Gasteiger partial charge in [0.1, 0.15) is 5.60 Å². The molecule has 1 N–H and O–H groups in total. The minimum atomic E-state index is -0.441. The highest BCUT2D eigenvalue weighted by Crippen LogP contribution is 2.39. The summed E-state index contributed by atoms with van der Waals surface area (Å²) in [5, 5.41) is 11.9. The number of fused-ring (bicyclic) bond motifs is 1. The number of carbonyl (C=O) groups is 1. The zero-order valence-corrected chi connectivity index (χ0v) is 15.4. The zero-order valence-electron chi connectivity index (χ0n) is 14.7. The Balaban J connectivity index is 1.54. The fourth-order valence-electron chi connectivity index (χ4n) is 3.68. The van der Waals surface area contributed by atoms with E-state index in [0.29, 0.717) is 23.0 Å². The summed E-state index contributed by atoms with van der Waals surface area (Å²) in [5.74, 6) is 1.85. The molecule has 1 amide bonds. The third-order valence-electron chi connectivity index (χ3n) is 4.70. The first-order chi connectivity index (χ1) is 11.2. The number of nitrogens with zero attached hydrogens (tertiary/aromatic N) is 3. The second-order valence-corrected chi connectivity index (χ2v) is 8.30. The molecule has 0 bridgehead atoms. The predicted octanol–water partition coefficient (Wildman–Crippen LogP) is 3.50. The Morgan fingerprint density at radius 1 is 1.29 bits per heavy atom. The molecule has 1 aliphatic heterocycles. The lowest BCUT2D eigenvalue weighted by molar-refractivity contribution is 0.0280. The van der Waals surface area contributed by atoms with Crippen molar-refractivity contribution in [3.63, 3.8) is 0 Å². The molecule has 1 aromatic heterocycles. The van der Waals surface area contributed by atoms with Crippen LogP contribution in [0.25, 0.3) is 0 Å². The topological polar surface area (TPSA) is 67.4 Å². The third-order valence-corrected chi connectivity index (χ3v) is 4.88. The van der Waals surface area contributed by atoms with Gasteiger partial charge in [0, 0.05) is 19.1 Å². The molecule has 0 aromatic carbocycles. The monoisotopic (exact) mass is 352 g/mol. The molecule has 1 saturated carbocycles. The van der Waals surface area contributed by atoms with Crippen LogP contribution >= 0.6 is 11.6 Å². The summed E-state index contributed by atoms with van der Waals surface area (Å²) < 4.78 is 5.48. The number of likely N-dealkylation sites (tertiary alicyclic amines) is 1. The molecule has 1 aliphatic carbocycles. The van der Waals surface area contributed by atoms with Crippen LogP contribution in [-0.4, -0.2) is 45.9 Å². The van der Waals surface area contributed by atoms with Crippen molar-refractivity contribution in [1.29, 1.82) is 0 Å². The predicted molar refractivity (Wildman–Crippen MR) is 93.2 cm³/mol. The molecule has 1 aromatic rings. The van der Waals surface area contributed by atoms with Gasteiger partial charge in [-0.25, -0.2) is 4.79 Å². The van der Waals surface area contributed by atoms with Gasteiger partial charge >= 0.3 is 6.09 Å². The molecule has 6 nitrogen and oxygen atoms in total. The Labute approximate surface area is 147 Å². The summed E-state index contributed by atoms with van der Waals surface area (Å²) in [6, 6.07) is 2.19. The number of anilines is 1. The van der Waals surface area contributed by atoms with Crippen LogP contribution in [0.15, 0.2) is 6.07 Å². The Morgan fingerprint density at radius 2 is 1.92 bits per heavy atom. The lowest BCUT2D eigenvalue weighted by atomic mass is 10.0. The normalized spacial score (nSPS) is 26.4. The molecule has 1 unspecified atom stereocenters. The average Bonchev–Trinajstić information content (AvgIpc) is 2.98. The Morgan fingerprint density at radius 3 is 2.46 bits per heavy atom. The Hall–Kier alpha value is -1.56. The van der Waals surface area contributed by atoms with Gasteiger partial charge in [-0.3, -0.25) is 0 Å². The first kappa shape index (κ1) is 17.3. The summed E-state index contributed by atoms with van der Waals surface area (Å²) in [7, 11) is 0. The van der Waals surface area contributed by atoms with E-state index in [1.165, 1.54) is 0 Å². The summed E-state index contributed by atoms with van der Waals surface area (Å²) >= 11 is 5.85. The summed E-state index contributed by atoms with van der Waals surface area (Å²) in [4.78, 5) is 14.0. The first-order valence-corrected chi connectivity index (χ1v) is 8.83. The van der Waals surface area contributed by atoms with Crippen LogP contribution in [-0.2, 0) is 4.74 Å². The molecule has 2 fully saturated rings. The lowest BCUT2D eigenvalue weighted by Crippen LogP contribution is -2.36. The van der Waals surface area contributed by atoms with E-state index in [4.69, 9.17) is 16.3 Å². The maximum atomic E-state index is 12.2. The van der Waals surface area contributed by atoms with Gasteiger partial charge in [0.15, 0.2) is 11.0 Å². The Bertz CT molecular complexity index is 618. The Kier molecular flexibility index (Phi) is 4.60. The zero-order chi connectivity index (χ0) is 17.5. The number of aromatic nitrogens is 2. The van der Waals surface area contributed by atoms with Crippen molar-refractivity contribution < 1.29 is 9.53 Å². The molecule has 2 heterocycles. The number of hydrogen-bond acceptors (Lipinski definition) is 5.